The number of benzene rings is 1. The summed E-state index contributed by atoms with van der Waals surface area (Å²) in [4.78, 5) is 14.5. The van der Waals surface area contributed by atoms with Crippen LogP contribution in [0.4, 0.5) is 4.39 Å². The van der Waals surface area contributed by atoms with Crippen molar-refractivity contribution in [3.63, 3.8) is 0 Å². The van der Waals surface area contributed by atoms with E-state index in [0.717, 1.165) is 12.1 Å². The fourth-order valence-corrected chi connectivity index (χ4v) is 2.76. The number of methoxy groups -OCH3 is 1. The van der Waals surface area contributed by atoms with Gasteiger partial charge in [-0.25, -0.2) is 4.39 Å². The number of hydrogen-bond donors (Lipinski definition) is 1. The molecule has 116 valence electrons. The van der Waals surface area contributed by atoms with E-state index in [9.17, 15) is 9.18 Å². The molecule has 0 aliphatic carbocycles. The first-order valence-electron chi connectivity index (χ1n) is 7.14. The highest BCUT2D eigenvalue weighted by molar-refractivity contribution is 5.83. The van der Waals surface area contributed by atoms with Gasteiger partial charge in [0, 0.05) is 13.7 Å². The molecule has 0 spiro atoms. The Kier molecular flexibility index (Phi) is 4.64. The molecule has 21 heavy (non-hydrogen) atoms. The summed E-state index contributed by atoms with van der Waals surface area (Å²) in [7, 11) is 3.59. The standard InChI is InChI=1S/C16H23FN2O2/c1-16(2,11-5-7-12(17)8-6-11)18-15(20)14-9-13(21-4)10-19(14)3/h5-8,13-14H,9-10H2,1-4H3,(H,18,20)/t13-,14-/m0/s1. The summed E-state index contributed by atoms with van der Waals surface area (Å²) in [5.41, 5.74) is 0.331. The quantitative estimate of drug-likeness (QED) is 0.922. The van der Waals surface area contributed by atoms with E-state index in [0.29, 0.717) is 6.42 Å². The number of carbonyl (C=O) groups excluding carboxylic acids is 1. The summed E-state index contributed by atoms with van der Waals surface area (Å²) < 4.78 is 18.3. The number of nitrogens with one attached hydrogen (secondary N) is 1. The summed E-state index contributed by atoms with van der Waals surface area (Å²) >= 11 is 0. The Morgan fingerprint density at radius 3 is 2.52 bits per heavy atom. The molecule has 1 aliphatic rings. The van der Waals surface area contributed by atoms with Crippen molar-refractivity contribution in [2.75, 3.05) is 20.7 Å². The van der Waals surface area contributed by atoms with Crippen LogP contribution in [0, 0.1) is 5.82 Å². The van der Waals surface area contributed by atoms with Gasteiger partial charge < -0.3 is 10.1 Å². The van der Waals surface area contributed by atoms with Crippen molar-refractivity contribution in [1.82, 2.24) is 10.2 Å². The molecule has 0 unspecified atom stereocenters. The molecule has 1 aromatic rings. The van der Waals surface area contributed by atoms with Gasteiger partial charge in [-0.3, -0.25) is 9.69 Å². The predicted octanol–water partition coefficient (Wildman–Crippen LogP) is 1.90. The number of likely N-dealkylation sites (tertiary alicyclic amines) is 1. The minimum absolute atomic E-state index is 0.0219. The molecule has 1 fully saturated rings. The maximum absolute atomic E-state index is 13.0. The number of likely N-dealkylation sites (N-methyl/N-ethyl adjacent to an activating group) is 1. The number of halogens is 1. The van der Waals surface area contributed by atoms with Gasteiger partial charge in [0.1, 0.15) is 5.82 Å². The fourth-order valence-electron chi connectivity index (χ4n) is 2.76. The van der Waals surface area contributed by atoms with Crippen LogP contribution in [0.15, 0.2) is 24.3 Å². The average Bonchev–Trinajstić information content (AvgIpc) is 2.80. The van der Waals surface area contributed by atoms with E-state index in [2.05, 4.69) is 5.32 Å². The number of amides is 1. The summed E-state index contributed by atoms with van der Waals surface area (Å²) in [6.07, 6.45) is 0.790. The lowest BCUT2D eigenvalue weighted by molar-refractivity contribution is -0.126. The van der Waals surface area contributed by atoms with Gasteiger partial charge in [0.15, 0.2) is 0 Å². The molecule has 0 aromatic heterocycles. The zero-order valence-corrected chi connectivity index (χ0v) is 13.0. The van der Waals surface area contributed by atoms with Gasteiger partial charge in [-0.2, -0.15) is 0 Å². The van der Waals surface area contributed by atoms with E-state index >= 15 is 0 Å². The first kappa shape index (κ1) is 15.9. The Morgan fingerprint density at radius 1 is 1.38 bits per heavy atom. The minimum atomic E-state index is -0.545. The van der Waals surface area contributed by atoms with Crippen LogP contribution >= 0.6 is 0 Å². The van der Waals surface area contributed by atoms with Crippen LogP contribution in [-0.2, 0) is 15.1 Å². The molecule has 1 aromatic carbocycles. The molecular formula is C16H23FN2O2. The normalized spacial score (nSPS) is 23.3. The van der Waals surface area contributed by atoms with Gasteiger partial charge in [-0.05, 0) is 45.0 Å². The minimum Gasteiger partial charge on any atom is -0.380 e. The van der Waals surface area contributed by atoms with Gasteiger partial charge in [-0.15, -0.1) is 0 Å². The average molecular weight is 294 g/mol. The second kappa shape index (κ2) is 6.12. The summed E-state index contributed by atoms with van der Waals surface area (Å²) in [6, 6.07) is 6.03. The topological polar surface area (TPSA) is 41.6 Å². The van der Waals surface area contributed by atoms with Crippen molar-refractivity contribution < 1.29 is 13.9 Å². The van der Waals surface area contributed by atoms with Gasteiger partial charge in [-0.1, -0.05) is 12.1 Å². The highest BCUT2D eigenvalue weighted by Crippen LogP contribution is 2.23. The molecule has 1 aliphatic heterocycles. The molecule has 5 heteroatoms. The number of nitrogens with zero attached hydrogens (tertiary/aromatic N) is 1. The summed E-state index contributed by atoms with van der Waals surface area (Å²) in [5, 5.41) is 3.05. The Hall–Kier alpha value is -1.46. The van der Waals surface area contributed by atoms with Crippen LogP contribution in [0.3, 0.4) is 0 Å². The van der Waals surface area contributed by atoms with Crippen LogP contribution in [0.25, 0.3) is 0 Å². The third-order valence-corrected chi connectivity index (χ3v) is 4.15. The predicted molar refractivity (Wildman–Crippen MR) is 79.4 cm³/mol. The second-order valence-corrected chi connectivity index (χ2v) is 6.17. The van der Waals surface area contributed by atoms with E-state index in [-0.39, 0.29) is 23.9 Å². The van der Waals surface area contributed by atoms with E-state index < -0.39 is 5.54 Å². The van der Waals surface area contributed by atoms with E-state index in [1.807, 2.05) is 25.8 Å². The van der Waals surface area contributed by atoms with Crippen LogP contribution in [0.1, 0.15) is 25.8 Å². The molecule has 2 rings (SSSR count). The van der Waals surface area contributed by atoms with Crippen molar-refractivity contribution in [3.05, 3.63) is 35.6 Å². The summed E-state index contributed by atoms with van der Waals surface area (Å²) in [6.45, 7) is 4.59. The molecule has 0 bridgehead atoms. The Morgan fingerprint density at radius 2 is 2.00 bits per heavy atom. The van der Waals surface area contributed by atoms with Crippen LogP contribution in [0.2, 0.25) is 0 Å². The van der Waals surface area contributed by atoms with Crippen molar-refractivity contribution in [1.29, 1.82) is 0 Å². The Labute approximate surface area is 125 Å². The van der Waals surface area contributed by atoms with Gasteiger partial charge in [0.25, 0.3) is 0 Å². The molecule has 0 saturated carbocycles. The lowest BCUT2D eigenvalue weighted by Gasteiger charge is -2.30. The number of ether oxygens (including phenoxy) is 1. The third kappa shape index (κ3) is 3.60. The summed E-state index contributed by atoms with van der Waals surface area (Å²) in [5.74, 6) is -0.300. The lowest BCUT2D eigenvalue weighted by Crippen LogP contribution is -2.49. The third-order valence-electron chi connectivity index (χ3n) is 4.15. The number of carbonyl (C=O) groups is 1. The Balaban J connectivity index is 2.06. The van der Waals surface area contributed by atoms with Crippen molar-refractivity contribution in [3.8, 4) is 0 Å². The second-order valence-electron chi connectivity index (χ2n) is 6.17. The van der Waals surface area contributed by atoms with Crippen LogP contribution in [0.5, 0.6) is 0 Å². The molecule has 4 nitrogen and oxygen atoms in total. The van der Waals surface area contributed by atoms with Gasteiger partial charge in [0.05, 0.1) is 17.7 Å². The molecule has 1 N–H and O–H groups in total. The first-order chi connectivity index (χ1) is 9.83. The highest BCUT2D eigenvalue weighted by atomic mass is 19.1. The maximum Gasteiger partial charge on any atom is 0.238 e. The molecule has 1 amide bonds. The van der Waals surface area contributed by atoms with Crippen molar-refractivity contribution in [2.24, 2.45) is 0 Å². The lowest BCUT2D eigenvalue weighted by atomic mass is 9.93. The van der Waals surface area contributed by atoms with Crippen LogP contribution < -0.4 is 5.32 Å². The first-order valence-corrected chi connectivity index (χ1v) is 7.14. The number of rotatable bonds is 4. The molecule has 1 heterocycles. The van der Waals surface area contributed by atoms with Crippen LogP contribution in [-0.4, -0.2) is 43.7 Å². The largest absolute Gasteiger partial charge is 0.380 e. The maximum atomic E-state index is 13.0. The molecule has 2 atom stereocenters. The highest BCUT2D eigenvalue weighted by Gasteiger charge is 2.36. The van der Waals surface area contributed by atoms with Crippen molar-refractivity contribution >= 4 is 5.91 Å². The zero-order chi connectivity index (χ0) is 15.6. The Bertz CT molecular complexity index is 502. The molecular weight excluding hydrogens is 271 g/mol. The zero-order valence-electron chi connectivity index (χ0n) is 13.0. The van der Waals surface area contributed by atoms with E-state index in [4.69, 9.17) is 4.74 Å². The monoisotopic (exact) mass is 294 g/mol. The van der Waals surface area contributed by atoms with E-state index in [1.165, 1.54) is 12.1 Å². The van der Waals surface area contributed by atoms with Gasteiger partial charge >= 0.3 is 0 Å². The molecule has 1 saturated heterocycles. The van der Waals surface area contributed by atoms with Gasteiger partial charge in [0.2, 0.25) is 5.91 Å². The smallest absolute Gasteiger partial charge is 0.238 e. The SMILES string of the molecule is CO[C@H]1C[C@@H](C(=O)NC(C)(C)c2ccc(F)cc2)N(C)C1. The fraction of sp³-hybridized carbons (Fsp3) is 0.562. The molecule has 0 radical (unpaired) electrons. The van der Waals surface area contributed by atoms with E-state index in [1.54, 1.807) is 19.2 Å². The van der Waals surface area contributed by atoms with Crippen molar-refractivity contribution in [2.45, 2.75) is 38.0 Å². The number of hydrogen-bond acceptors (Lipinski definition) is 3.